The lowest BCUT2D eigenvalue weighted by molar-refractivity contribution is -0.139. The Labute approximate surface area is 153 Å². The average molecular weight is 409 g/mol. The summed E-state index contributed by atoms with van der Waals surface area (Å²) >= 11 is 3.24. The summed E-state index contributed by atoms with van der Waals surface area (Å²) < 4.78 is 16.0. The molecule has 132 valence electrons. The van der Waals surface area contributed by atoms with Gasteiger partial charge in [0.05, 0.1) is 29.7 Å². The van der Waals surface area contributed by atoms with E-state index in [4.69, 9.17) is 19.9 Å². The van der Waals surface area contributed by atoms with E-state index < -0.39 is 11.9 Å². The molecule has 0 fully saturated rings. The molecule has 1 aliphatic heterocycles. The second-order valence-electron chi connectivity index (χ2n) is 5.17. The van der Waals surface area contributed by atoms with Crippen molar-refractivity contribution in [3.05, 3.63) is 45.0 Å². The Kier molecular flexibility index (Phi) is 5.59. The van der Waals surface area contributed by atoms with Crippen molar-refractivity contribution >= 4 is 21.9 Å². The van der Waals surface area contributed by atoms with Gasteiger partial charge in [-0.1, -0.05) is 0 Å². The summed E-state index contributed by atoms with van der Waals surface area (Å²) in [6, 6.07) is 5.11. The highest BCUT2D eigenvalue weighted by Crippen LogP contribution is 2.44. The lowest BCUT2D eigenvalue weighted by atomic mass is 9.83. The fourth-order valence-electron chi connectivity index (χ4n) is 2.60. The number of nitrogens with two attached hydrogens (primary N) is 1. The lowest BCUT2D eigenvalue weighted by Crippen LogP contribution is -2.25. The Morgan fingerprint density at radius 1 is 1.52 bits per heavy atom. The number of ether oxygens (including phenoxy) is 3. The van der Waals surface area contributed by atoms with E-state index >= 15 is 0 Å². The Bertz CT molecular complexity index is 823. The molecule has 2 rings (SSSR count). The maximum atomic E-state index is 12.4. The molecule has 0 spiro atoms. The molecule has 1 atom stereocenters. The van der Waals surface area contributed by atoms with Gasteiger partial charge >= 0.3 is 5.97 Å². The molecule has 7 nitrogen and oxygen atoms in total. The molecule has 8 heteroatoms. The number of methoxy groups -OCH3 is 1. The number of benzene rings is 1. The van der Waals surface area contributed by atoms with Gasteiger partial charge in [0, 0.05) is 0 Å². The second-order valence-corrected chi connectivity index (χ2v) is 6.02. The first kappa shape index (κ1) is 18.7. The highest BCUT2D eigenvalue weighted by molar-refractivity contribution is 9.10. The van der Waals surface area contributed by atoms with Crippen LogP contribution in [0.4, 0.5) is 0 Å². The fourth-order valence-corrected chi connectivity index (χ4v) is 3.06. The maximum absolute atomic E-state index is 12.4. The summed E-state index contributed by atoms with van der Waals surface area (Å²) in [5, 5.41) is 19.5. The minimum atomic E-state index is -0.802. The van der Waals surface area contributed by atoms with Crippen LogP contribution < -0.4 is 10.5 Å². The summed E-state index contributed by atoms with van der Waals surface area (Å²) in [6.07, 6.45) is 0. The van der Waals surface area contributed by atoms with E-state index in [0.29, 0.717) is 10.0 Å². The van der Waals surface area contributed by atoms with Gasteiger partial charge in [0.1, 0.15) is 17.4 Å². The molecule has 0 amide bonds. The number of nitrogens with zero attached hydrogens (tertiary/aromatic N) is 1. The van der Waals surface area contributed by atoms with Crippen LogP contribution in [-0.4, -0.2) is 24.8 Å². The molecular weight excluding hydrogens is 392 g/mol. The minimum absolute atomic E-state index is 0.0771. The van der Waals surface area contributed by atoms with Gasteiger partial charge in [-0.25, -0.2) is 4.79 Å². The normalized spacial score (nSPS) is 17.0. The average Bonchev–Trinajstić information content (AvgIpc) is 2.56. The highest BCUT2D eigenvalue weighted by Gasteiger charge is 2.37. The Hall–Kier alpha value is -2.66. The van der Waals surface area contributed by atoms with Crippen LogP contribution in [0, 0.1) is 11.3 Å². The van der Waals surface area contributed by atoms with E-state index in [9.17, 15) is 15.2 Å². The molecule has 1 aromatic carbocycles. The zero-order chi connectivity index (χ0) is 18.7. The van der Waals surface area contributed by atoms with E-state index in [0.717, 1.165) is 0 Å². The number of carbonyl (C=O) groups excluding carboxylic acids is 1. The molecule has 0 radical (unpaired) electrons. The van der Waals surface area contributed by atoms with E-state index in [1.807, 2.05) is 6.07 Å². The summed E-state index contributed by atoms with van der Waals surface area (Å²) in [4.78, 5) is 12.4. The number of carbonyl (C=O) groups is 1. The van der Waals surface area contributed by atoms with Crippen LogP contribution in [0.5, 0.6) is 11.5 Å². The van der Waals surface area contributed by atoms with Gasteiger partial charge in [0.15, 0.2) is 11.5 Å². The van der Waals surface area contributed by atoms with Crippen molar-refractivity contribution in [2.24, 2.45) is 5.73 Å². The predicted octanol–water partition coefficient (Wildman–Crippen LogP) is 2.81. The molecule has 0 saturated heterocycles. The standard InChI is InChI=1S/C17H17BrN2O5/c1-4-24-17(22)13-8(2)25-16(20)10(7-19)14(13)9-5-11(18)15(21)12(6-9)23-3/h5-6,14,21H,4,20H2,1-3H3. The third kappa shape index (κ3) is 3.42. The van der Waals surface area contributed by atoms with Crippen LogP contribution in [0.1, 0.15) is 25.3 Å². The number of aromatic hydroxyl groups is 1. The summed E-state index contributed by atoms with van der Waals surface area (Å²) in [5.41, 5.74) is 6.61. The SMILES string of the molecule is CCOC(=O)C1=C(C)OC(N)=C(C#N)C1c1cc(Br)c(O)c(OC)c1. The predicted molar refractivity (Wildman–Crippen MR) is 92.3 cm³/mol. The smallest absolute Gasteiger partial charge is 0.338 e. The summed E-state index contributed by atoms with van der Waals surface area (Å²) in [6.45, 7) is 3.43. The molecule has 0 saturated carbocycles. The van der Waals surface area contributed by atoms with Gasteiger partial charge in [-0.05, 0) is 47.5 Å². The van der Waals surface area contributed by atoms with Crippen molar-refractivity contribution < 1.29 is 24.1 Å². The molecule has 0 aromatic heterocycles. The number of phenols is 1. The number of phenolic OH excluding ortho intramolecular Hbond substituents is 1. The van der Waals surface area contributed by atoms with Crippen molar-refractivity contribution in [2.75, 3.05) is 13.7 Å². The number of halogens is 1. The van der Waals surface area contributed by atoms with Crippen LogP contribution in [0.25, 0.3) is 0 Å². The van der Waals surface area contributed by atoms with Crippen LogP contribution >= 0.6 is 15.9 Å². The number of hydrogen-bond acceptors (Lipinski definition) is 7. The van der Waals surface area contributed by atoms with Crippen LogP contribution in [0.15, 0.2) is 39.4 Å². The van der Waals surface area contributed by atoms with E-state index in [1.165, 1.54) is 13.2 Å². The molecule has 1 aromatic rings. The number of esters is 1. The zero-order valence-corrected chi connectivity index (χ0v) is 15.5. The Balaban J connectivity index is 2.71. The first-order valence-corrected chi connectivity index (χ1v) is 8.16. The van der Waals surface area contributed by atoms with Crippen molar-refractivity contribution in [3.63, 3.8) is 0 Å². The third-order valence-corrected chi connectivity index (χ3v) is 4.31. The van der Waals surface area contributed by atoms with Gasteiger partial charge in [0.25, 0.3) is 0 Å². The molecule has 0 bridgehead atoms. The number of hydrogen-bond donors (Lipinski definition) is 2. The van der Waals surface area contributed by atoms with Crippen molar-refractivity contribution in [2.45, 2.75) is 19.8 Å². The molecule has 3 N–H and O–H groups in total. The van der Waals surface area contributed by atoms with Gasteiger partial charge in [-0.3, -0.25) is 0 Å². The fraction of sp³-hybridized carbons (Fsp3) is 0.294. The number of allylic oxidation sites excluding steroid dienone is 2. The Morgan fingerprint density at radius 3 is 2.76 bits per heavy atom. The molecule has 1 aliphatic rings. The zero-order valence-electron chi connectivity index (χ0n) is 13.9. The van der Waals surface area contributed by atoms with Gasteiger partial charge in [0.2, 0.25) is 5.88 Å². The second kappa shape index (κ2) is 7.49. The summed E-state index contributed by atoms with van der Waals surface area (Å²) in [7, 11) is 1.40. The van der Waals surface area contributed by atoms with Crippen LogP contribution in [-0.2, 0) is 14.3 Å². The van der Waals surface area contributed by atoms with Crippen molar-refractivity contribution in [3.8, 4) is 17.6 Å². The monoisotopic (exact) mass is 408 g/mol. The van der Waals surface area contributed by atoms with E-state index in [-0.39, 0.29) is 40.9 Å². The largest absolute Gasteiger partial charge is 0.503 e. The maximum Gasteiger partial charge on any atom is 0.338 e. The van der Waals surface area contributed by atoms with Gasteiger partial charge in [-0.15, -0.1) is 0 Å². The first-order chi connectivity index (χ1) is 11.8. The quantitative estimate of drug-likeness (QED) is 0.735. The topological polar surface area (TPSA) is 115 Å². The Morgan fingerprint density at radius 2 is 2.20 bits per heavy atom. The van der Waals surface area contributed by atoms with Crippen LogP contribution in [0.3, 0.4) is 0 Å². The summed E-state index contributed by atoms with van der Waals surface area (Å²) in [5.74, 6) is -1.14. The van der Waals surface area contributed by atoms with E-state index in [1.54, 1.807) is 19.9 Å². The molecule has 1 heterocycles. The molecule has 25 heavy (non-hydrogen) atoms. The molecule has 1 unspecified atom stereocenters. The van der Waals surface area contributed by atoms with Crippen LogP contribution in [0.2, 0.25) is 0 Å². The van der Waals surface area contributed by atoms with Crippen molar-refractivity contribution in [1.82, 2.24) is 0 Å². The molecule has 0 aliphatic carbocycles. The number of nitriles is 1. The third-order valence-electron chi connectivity index (χ3n) is 3.70. The van der Waals surface area contributed by atoms with E-state index in [2.05, 4.69) is 15.9 Å². The van der Waals surface area contributed by atoms with Crippen molar-refractivity contribution in [1.29, 1.82) is 5.26 Å². The van der Waals surface area contributed by atoms with Gasteiger partial charge in [-0.2, -0.15) is 5.26 Å². The minimum Gasteiger partial charge on any atom is -0.503 e. The lowest BCUT2D eigenvalue weighted by Gasteiger charge is -2.27. The first-order valence-electron chi connectivity index (χ1n) is 7.37. The highest BCUT2D eigenvalue weighted by atomic mass is 79.9. The molecular formula is C17H17BrN2O5. The van der Waals surface area contributed by atoms with Gasteiger partial charge < -0.3 is 25.1 Å². The number of rotatable bonds is 4.